The molecule has 0 bridgehead atoms. The Bertz CT molecular complexity index is 269. The molecule has 0 aromatic rings. The second-order valence-corrected chi connectivity index (χ2v) is 7.41. The fourth-order valence-electron chi connectivity index (χ4n) is 1.80. The number of hydrogen-bond donors (Lipinski definition) is 1. The van der Waals surface area contributed by atoms with Gasteiger partial charge in [0.1, 0.15) is 5.54 Å². The monoisotopic (exact) mass is 289 g/mol. The quantitative estimate of drug-likeness (QED) is 0.660. The van der Waals surface area contributed by atoms with Gasteiger partial charge in [0.2, 0.25) is 0 Å². The Kier molecular flexibility index (Phi) is 8.75. The van der Waals surface area contributed by atoms with Crippen molar-refractivity contribution < 1.29 is 9.53 Å². The SMILES string of the molecule is CCOC(=O)C(C)(CCSC(C)C(C)C)NC(C)C. The van der Waals surface area contributed by atoms with E-state index in [4.69, 9.17) is 4.74 Å². The highest BCUT2D eigenvalue weighted by Gasteiger charge is 2.34. The van der Waals surface area contributed by atoms with Crippen LogP contribution in [0.25, 0.3) is 0 Å². The Balaban J connectivity index is 4.47. The summed E-state index contributed by atoms with van der Waals surface area (Å²) >= 11 is 1.93. The van der Waals surface area contributed by atoms with E-state index in [9.17, 15) is 4.79 Å². The number of rotatable bonds is 9. The van der Waals surface area contributed by atoms with Crippen molar-refractivity contribution in [3.05, 3.63) is 0 Å². The maximum absolute atomic E-state index is 12.1. The van der Waals surface area contributed by atoms with Gasteiger partial charge in [0, 0.05) is 11.3 Å². The summed E-state index contributed by atoms with van der Waals surface area (Å²) < 4.78 is 5.20. The predicted molar refractivity (Wildman–Crippen MR) is 84.7 cm³/mol. The molecule has 0 aliphatic heterocycles. The maximum Gasteiger partial charge on any atom is 0.326 e. The molecule has 0 fully saturated rings. The van der Waals surface area contributed by atoms with Crippen molar-refractivity contribution >= 4 is 17.7 Å². The lowest BCUT2D eigenvalue weighted by atomic mass is 9.98. The lowest BCUT2D eigenvalue weighted by Gasteiger charge is -2.31. The van der Waals surface area contributed by atoms with Crippen molar-refractivity contribution in [1.82, 2.24) is 5.32 Å². The van der Waals surface area contributed by atoms with E-state index in [1.807, 2.05) is 25.6 Å². The molecule has 0 spiro atoms. The van der Waals surface area contributed by atoms with Gasteiger partial charge in [-0.15, -0.1) is 0 Å². The molecule has 19 heavy (non-hydrogen) atoms. The second kappa shape index (κ2) is 8.85. The number of esters is 1. The summed E-state index contributed by atoms with van der Waals surface area (Å²) in [5.74, 6) is 1.49. The Morgan fingerprint density at radius 1 is 1.26 bits per heavy atom. The zero-order valence-electron chi connectivity index (χ0n) is 13.6. The zero-order chi connectivity index (χ0) is 15.1. The minimum absolute atomic E-state index is 0.137. The number of carbonyl (C=O) groups is 1. The minimum Gasteiger partial charge on any atom is -0.465 e. The van der Waals surface area contributed by atoms with E-state index in [0.29, 0.717) is 17.8 Å². The number of nitrogens with one attached hydrogen (secondary N) is 1. The van der Waals surface area contributed by atoms with Crippen LogP contribution in [0.1, 0.15) is 54.9 Å². The number of carbonyl (C=O) groups excluding carboxylic acids is 1. The molecule has 0 amide bonds. The van der Waals surface area contributed by atoms with Gasteiger partial charge in [-0.2, -0.15) is 11.8 Å². The lowest BCUT2D eigenvalue weighted by molar-refractivity contribution is -0.150. The van der Waals surface area contributed by atoms with E-state index in [2.05, 4.69) is 39.9 Å². The Morgan fingerprint density at radius 3 is 2.26 bits per heavy atom. The van der Waals surface area contributed by atoms with Crippen LogP contribution in [0.3, 0.4) is 0 Å². The molecule has 1 N–H and O–H groups in total. The smallest absolute Gasteiger partial charge is 0.326 e. The summed E-state index contributed by atoms with van der Waals surface area (Å²) in [7, 11) is 0. The Labute approximate surface area is 123 Å². The van der Waals surface area contributed by atoms with Gasteiger partial charge in [0.05, 0.1) is 6.61 Å². The summed E-state index contributed by atoms with van der Waals surface area (Å²) in [6.45, 7) is 15.1. The molecule has 2 unspecified atom stereocenters. The molecule has 0 rings (SSSR count). The van der Waals surface area contributed by atoms with Crippen LogP contribution in [0, 0.1) is 5.92 Å². The first-order valence-electron chi connectivity index (χ1n) is 7.29. The van der Waals surface area contributed by atoms with Crippen LogP contribution < -0.4 is 5.32 Å². The first-order valence-corrected chi connectivity index (χ1v) is 8.34. The van der Waals surface area contributed by atoms with Crippen LogP contribution in [0.4, 0.5) is 0 Å². The van der Waals surface area contributed by atoms with E-state index in [1.165, 1.54) is 0 Å². The molecular formula is C15H31NO2S. The molecule has 4 heteroatoms. The molecule has 0 saturated carbocycles. The highest BCUT2D eigenvalue weighted by molar-refractivity contribution is 7.99. The van der Waals surface area contributed by atoms with Crippen LogP contribution in [0.2, 0.25) is 0 Å². The molecule has 0 radical (unpaired) electrons. The zero-order valence-corrected chi connectivity index (χ0v) is 14.4. The van der Waals surface area contributed by atoms with Crippen LogP contribution in [-0.4, -0.2) is 35.2 Å². The first kappa shape index (κ1) is 18.8. The van der Waals surface area contributed by atoms with Gasteiger partial charge in [-0.1, -0.05) is 20.8 Å². The average molecular weight is 289 g/mol. The molecule has 0 aliphatic carbocycles. The van der Waals surface area contributed by atoms with E-state index in [1.54, 1.807) is 0 Å². The lowest BCUT2D eigenvalue weighted by Crippen LogP contribution is -2.53. The summed E-state index contributed by atoms with van der Waals surface area (Å²) in [5, 5.41) is 3.97. The topological polar surface area (TPSA) is 38.3 Å². The highest BCUT2D eigenvalue weighted by Crippen LogP contribution is 2.23. The molecule has 0 aliphatic rings. The molecule has 0 aromatic heterocycles. The summed E-state index contributed by atoms with van der Waals surface area (Å²) in [4.78, 5) is 12.1. The van der Waals surface area contributed by atoms with Crippen LogP contribution in [-0.2, 0) is 9.53 Å². The van der Waals surface area contributed by atoms with Gasteiger partial charge in [0.25, 0.3) is 0 Å². The van der Waals surface area contributed by atoms with Crippen LogP contribution in [0.15, 0.2) is 0 Å². The molecule has 0 heterocycles. The average Bonchev–Trinajstić information content (AvgIpc) is 2.27. The molecule has 0 saturated heterocycles. The third-order valence-corrected chi connectivity index (χ3v) is 4.76. The van der Waals surface area contributed by atoms with E-state index >= 15 is 0 Å². The first-order chi connectivity index (χ1) is 8.73. The normalized spacial score (nSPS) is 16.5. The van der Waals surface area contributed by atoms with Crippen molar-refractivity contribution in [2.24, 2.45) is 5.92 Å². The van der Waals surface area contributed by atoms with Crippen molar-refractivity contribution in [2.75, 3.05) is 12.4 Å². The number of ether oxygens (including phenoxy) is 1. The highest BCUT2D eigenvalue weighted by atomic mass is 32.2. The molecule has 114 valence electrons. The third-order valence-electron chi connectivity index (χ3n) is 3.25. The van der Waals surface area contributed by atoms with Crippen molar-refractivity contribution in [3.8, 4) is 0 Å². The fourth-order valence-corrected chi connectivity index (χ4v) is 3.08. The van der Waals surface area contributed by atoms with Crippen molar-refractivity contribution in [3.63, 3.8) is 0 Å². The standard InChI is InChI=1S/C15H31NO2S/c1-8-18-14(17)15(7,16-12(4)5)9-10-19-13(6)11(2)3/h11-13,16H,8-10H2,1-7H3. The van der Waals surface area contributed by atoms with Gasteiger partial charge >= 0.3 is 5.97 Å². The fraction of sp³-hybridized carbons (Fsp3) is 0.933. The number of thioether (sulfide) groups is 1. The second-order valence-electron chi connectivity index (χ2n) is 5.92. The van der Waals surface area contributed by atoms with Crippen molar-refractivity contribution in [2.45, 2.75) is 71.7 Å². The summed E-state index contributed by atoms with van der Waals surface area (Å²) in [5.41, 5.74) is -0.576. The van der Waals surface area contributed by atoms with Crippen LogP contribution >= 0.6 is 11.8 Å². The van der Waals surface area contributed by atoms with Gasteiger partial charge in [0.15, 0.2) is 0 Å². The molecule has 0 aromatic carbocycles. The maximum atomic E-state index is 12.1. The molecule has 2 atom stereocenters. The van der Waals surface area contributed by atoms with E-state index in [0.717, 1.165) is 12.2 Å². The Hall–Kier alpha value is -0.220. The van der Waals surface area contributed by atoms with Crippen molar-refractivity contribution in [1.29, 1.82) is 0 Å². The number of hydrogen-bond acceptors (Lipinski definition) is 4. The molecular weight excluding hydrogens is 258 g/mol. The summed E-state index contributed by atoms with van der Waals surface area (Å²) in [6.07, 6.45) is 0.797. The predicted octanol–water partition coefficient (Wildman–Crippen LogP) is 3.47. The minimum atomic E-state index is -0.576. The van der Waals surface area contributed by atoms with Gasteiger partial charge < -0.3 is 4.74 Å². The third kappa shape index (κ3) is 7.21. The van der Waals surface area contributed by atoms with Gasteiger partial charge in [-0.05, 0) is 45.8 Å². The largest absolute Gasteiger partial charge is 0.465 e. The van der Waals surface area contributed by atoms with Gasteiger partial charge in [-0.25, -0.2) is 0 Å². The van der Waals surface area contributed by atoms with Crippen LogP contribution in [0.5, 0.6) is 0 Å². The molecule has 3 nitrogen and oxygen atoms in total. The summed E-state index contributed by atoms with van der Waals surface area (Å²) in [6, 6.07) is 0.266. The Morgan fingerprint density at radius 2 is 1.84 bits per heavy atom. The van der Waals surface area contributed by atoms with Gasteiger partial charge in [-0.3, -0.25) is 10.1 Å². The van der Waals surface area contributed by atoms with E-state index in [-0.39, 0.29) is 12.0 Å². The van der Waals surface area contributed by atoms with E-state index < -0.39 is 5.54 Å².